The van der Waals surface area contributed by atoms with Gasteiger partial charge >= 0.3 is 12.1 Å². The molecule has 1 aliphatic carbocycles. The molecule has 2 atom stereocenters. The van der Waals surface area contributed by atoms with E-state index in [0.29, 0.717) is 12.8 Å². The molecule has 0 unspecified atom stereocenters. The van der Waals surface area contributed by atoms with Crippen molar-refractivity contribution in [3.8, 4) is 0 Å². The van der Waals surface area contributed by atoms with E-state index in [1.165, 1.54) is 0 Å². The van der Waals surface area contributed by atoms with Crippen LogP contribution in [0.4, 0.5) is 13.2 Å². The number of carbonyl (C=O) groups is 2. The van der Waals surface area contributed by atoms with Gasteiger partial charge in [0.1, 0.15) is 6.54 Å². The lowest BCUT2D eigenvalue weighted by Gasteiger charge is -2.23. The predicted octanol–water partition coefficient (Wildman–Crippen LogP) is 1.90. The minimum absolute atomic E-state index is 0.0255. The number of carboxylic acid groups (broad SMARTS) is 1. The number of nitrogens with zero attached hydrogens (tertiary/aromatic N) is 1. The van der Waals surface area contributed by atoms with E-state index in [1.807, 2.05) is 6.92 Å². The summed E-state index contributed by atoms with van der Waals surface area (Å²) in [7, 11) is 0. The smallest absolute Gasteiger partial charge is 0.406 e. The van der Waals surface area contributed by atoms with Crippen LogP contribution < -0.4 is 0 Å². The van der Waals surface area contributed by atoms with Crippen molar-refractivity contribution in [3.63, 3.8) is 0 Å². The van der Waals surface area contributed by atoms with Gasteiger partial charge < -0.3 is 10.0 Å². The molecular weight excluding hydrogens is 251 g/mol. The highest BCUT2D eigenvalue weighted by molar-refractivity contribution is 5.89. The summed E-state index contributed by atoms with van der Waals surface area (Å²) in [6, 6.07) is 0. The molecule has 1 fully saturated rings. The standard InChI is InChI=1S/C11H16F3NO3/c1-2-3-4-15(6-11(12,13)14)9(16)7-5-8(7)10(17)18/h7-8H,2-6H2,1H3,(H,17,18)/t7-,8+/m1/s1. The minimum Gasteiger partial charge on any atom is -0.481 e. The Kier molecular flexibility index (Phi) is 4.59. The highest BCUT2D eigenvalue weighted by Crippen LogP contribution is 2.40. The zero-order valence-corrected chi connectivity index (χ0v) is 10.0. The molecule has 1 rings (SSSR count). The van der Waals surface area contributed by atoms with E-state index in [0.717, 1.165) is 4.90 Å². The normalized spacial score (nSPS) is 22.7. The van der Waals surface area contributed by atoms with Gasteiger partial charge in [-0.3, -0.25) is 9.59 Å². The van der Waals surface area contributed by atoms with Crippen LogP contribution in [0.25, 0.3) is 0 Å². The average molecular weight is 267 g/mol. The summed E-state index contributed by atoms with van der Waals surface area (Å²) in [5, 5.41) is 8.67. The van der Waals surface area contributed by atoms with Crippen LogP contribution in [0.5, 0.6) is 0 Å². The van der Waals surface area contributed by atoms with Gasteiger partial charge in [-0.05, 0) is 12.8 Å². The second-order valence-electron chi connectivity index (χ2n) is 4.52. The molecule has 1 aliphatic rings. The van der Waals surface area contributed by atoms with Crippen LogP contribution in [-0.2, 0) is 9.59 Å². The van der Waals surface area contributed by atoms with Crippen molar-refractivity contribution < 1.29 is 27.9 Å². The monoisotopic (exact) mass is 267 g/mol. The van der Waals surface area contributed by atoms with Gasteiger partial charge in [0, 0.05) is 6.54 Å². The molecule has 1 amide bonds. The van der Waals surface area contributed by atoms with Crippen LogP contribution in [0.3, 0.4) is 0 Å². The Morgan fingerprint density at radius 2 is 1.94 bits per heavy atom. The largest absolute Gasteiger partial charge is 0.481 e. The fourth-order valence-electron chi connectivity index (χ4n) is 1.81. The molecule has 18 heavy (non-hydrogen) atoms. The van der Waals surface area contributed by atoms with Crippen molar-refractivity contribution in [1.82, 2.24) is 4.90 Å². The molecule has 0 aliphatic heterocycles. The molecule has 104 valence electrons. The van der Waals surface area contributed by atoms with Gasteiger partial charge in [0.15, 0.2) is 0 Å². The van der Waals surface area contributed by atoms with E-state index in [2.05, 4.69) is 0 Å². The Bertz CT molecular complexity index is 330. The number of aliphatic carboxylic acids is 1. The number of carbonyl (C=O) groups excluding carboxylic acids is 1. The highest BCUT2D eigenvalue weighted by Gasteiger charge is 2.50. The Morgan fingerprint density at radius 1 is 1.33 bits per heavy atom. The summed E-state index contributed by atoms with van der Waals surface area (Å²) in [4.78, 5) is 23.1. The zero-order chi connectivity index (χ0) is 13.9. The maximum Gasteiger partial charge on any atom is 0.406 e. The molecule has 7 heteroatoms. The van der Waals surface area contributed by atoms with Crippen LogP contribution in [0, 0.1) is 11.8 Å². The van der Waals surface area contributed by atoms with Gasteiger partial charge in [-0.15, -0.1) is 0 Å². The van der Waals surface area contributed by atoms with Gasteiger partial charge in [-0.1, -0.05) is 13.3 Å². The first-order valence-corrected chi connectivity index (χ1v) is 5.84. The molecule has 0 radical (unpaired) electrons. The third kappa shape index (κ3) is 4.19. The first-order chi connectivity index (χ1) is 8.26. The third-order valence-corrected chi connectivity index (χ3v) is 2.89. The van der Waals surface area contributed by atoms with Gasteiger partial charge in [0.05, 0.1) is 11.8 Å². The zero-order valence-electron chi connectivity index (χ0n) is 10.0. The number of amides is 1. The Balaban J connectivity index is 2.60. The Labute approximate surface area is 103 Å². The van der Waals surface area contributed by atoms with Crippen molar-refractivity contribution in [2.45, 2.75) is 32.4 Å². The van der Waals surface area contributed by atoms with Crippen LogP contribution in [-0.4, -0.2) is 41.1 Å². The first kappa shape index (κ1) is 14.8. The van der Waals surface area contributed by atoms with E-state index in [9.17, 15) is 22.8 Å². The van der Waals surface area contributed by atoms with E-state index < -0.39 is 36.4 Å². The molecule has 1 saturated carbocycles. The van der Waals surface area contributed by atoms with Crippen molar-refractivity contribution in [2.24, 2.45) is 11.8 Å². The van der Waals surface area contributed by atoms with Gasteiger partial charge in [0.2, 0.25) is 5.91 Å². The molecule has 0 heterocycles. The van der Waals surface area contributed by atoms with Gasteiger partial charge in [-0.25, -0.2) is 0 Å². The summed E-state index contributed by atoms with van der Waals surface area (Å²) in [5.74, 6) is -3.39. The van der Waals surface area contributed by atoms with E-state index in [4.69, 9.17) is 5.11 Å². The number of unbranched alkanes of at least 4 members (excludes halogenated alkanes) is 1. The van der Waals surface area contributed by atoms with Gasteiger partial charge in [-0.2, -0.15) is 13.2 Å². The number of alkyl halides is 3. The number of rotatable bonds is 6. The fraction of sp³-hybridized carbons (Fsp3) is 0.818. The molecule has 0 aromatic heterocycles. The van der Waals surface area contributed by atoms with Crippen molar-refractivity contribution in [1.29, 1.82) is 0 Å². The predicted molar refractivity (Wildman–Crippen MR) is 56.8 cm³/mol. The van der Waals surface area contributed by atoms with Crippen molar-refractivity contribution >= 4 is 11.9 Å². The van der Waals surface area contributed by atoms with Crippen molar-refractivity contribution in [3.05, 3.63) is 0 Å². The molecule has 0 aromatic carbocycles. The maximum absolute atomic E-state index is 12.3. The third-order valence-electron chi connectivity index (χ3n) is 2.89. The molecular formula is C11H16F3NO3. The van der Waals surface area contributed by atoms with E-state index in [-0.39, 0.29) is 13.0 Å². The molecule has 1 N–H and O–H groups in total. The lowest BCUT2D eigenvalue weighted by Crippen LogP contribution is -2.40. The number of halogens is 3. The second kappa shape index (κ2) is 5.58. The number of hydrogen-bond donors (Lipinski definition) is 1. The van der Waals surface area contributed by atoms with E-state index in [1.54, 1.807) is 0 Å². The number of hydrogen-bond acceptors (Lipinski definition) is 2. The van der Waals surface area contributed by atoms with Crippen LogP contribution >= 0.6 is 0 Å². The second-order valence-corrected chi connectivity index (χ2v) is 4.52. The van der Waals surface area contributed by atoms with Crippen molar-refractivity contribution in [2.75, 3.05) is 13.1 Å². The maximum atomic E-state index is 12.3. The van der Waals surface area contributed by atoms with Gasteiger partial charge in [0.25, 0.3) is 0 Å². The lowest BCUT2D eigenvalue weighted by molar-refractivity contribution is -0.162. The summed E-state index contributed by atoms with van der Waals surface area (Å²) in [5.41, 5.74) is 0. The summed E-state index contributed by atoms with van der Waals surface area (Å²) in [6.45, 7) is 0.541. The van der Waals surface area contributed by atoms with E-state index >= 15 is 0 Å². The molecule has 0 spiro atoms. The fourth-order valence-corrected chi connectivity index (χ4v) is 1.81. The SMILES string of the molecule is CCCCN(CC(F)(F)F)C(=O)[C@@H]1C[C@@H]1C(=O)O. The minimum atomic E-state index is -4.45. The summed E-state index contributed by atoms with van der Waals surface area (Å²) in [6.07, 6.45) is -3.15. The molecule has 0 saturated heterocycles. The highest BCUT2D eigenvalue weighted by atomic mass is 19.4. The summed E-state index contributed by atoms with van der Waals surface area (Å²) < 4.78 is 37.0. The molecule has 0 aromatic rings. The average Bonchev–Trinajstić information content (AvgIpc) is 3.01. The molecule has 0 bridgehead atoms. The topological polar surface area (TPSA) is 57.6 Å². The van der Waals surface area contributed by atoms with Crippen LogP contribution in [0.2, 0.25) is 0 Å². The lowest BCUT2D eigenvalue weighted by atomic mass is 10.2. The van der Waals surface area contributed by atoms with Crippen LogP contribution in [0.1, 0.15) is 26.2 Å². The van der Waals surface area contributed by atoms with Crippen LogP contribution in [0.15, 0.2) is 0 Å². The molecule has 4 nitrogen and oxygen atoms in total. The Hall–Kier alpha value is -1.27. The first-order valence-electron chi connectivity index (χ1n) is 5.84. The Morgan fingerprint density at radius 3 is 2.33 bits per heavy atom. The summed E-state index contributed by atoms with van der Waals surface area (Å²) >= 11 is 0. The quantitative estimate of drug-likeness (QED) is 0.799. The number of carboxylic acids is 1.